The van der Waals surface area contributed by atoms with E-state index in [0.29, 0.717) is 5.66 Å². The van der Waals surface area contributed by atoms with Gasteiger partial charge in [0.05, 0.1) is 0 Å². The molecule has 1 nitrogen and oxygen atoms in total. The van der Waals surface area contributed by atoms with Gasteiger partial charge in [-0.25, -0.2) is 0 Å². The Kier molecular flexibility index (Phi) is 3.91. The quantitative estimate of drug-likeness (QED) is 0.693. The fourth-order valence-electron chi connectivity index (χ4n) is 2.26. The van der Waals surface area contributed by atoms with Gasteiger partial charge in [0, 0.05) is 0 Å². The van der Waals surface area contributed by atoms with Crippen LogP contribution in [0.1, 0.15) is 37.7 Å². The molecule has 2 heteroatoms. The SMILES string of the molecule is O=[P+](Cc1ccccc1)C1CCCCC1. The Labute approximate surface area is 92.7 Å². The molecular formula is C13H18OP+. The van der Waals surface area contributed by atoms with E-state index < -0.39 is 7.80 Å². The second kappa shape index (κ2) is 5.42. The van der Waals surface area contributed by atoms with Gasteiger partial charge in [-0.3, -0.25) is 0 Å². The molecule has 0 spiro atoms. The Bertz CT molecular complexity index is 315. The Balaban J connectivity index is 1.91. The average molecular weight is 221 g/mol. The molecule has 1 aromatic rings. The fraction of sp³-hybridized carbons (Fsp3) is 0.538. The summed E-state index contributed by atoms with van der Waals surface area (Å²) in [6, 6.07) is 10.2. The lowest BCUT2D eigenvalue weighted by Gasteiger charge is -2.12. The topological polar surface area (TPSA) is 17.1 Å². The molecular weight excluding hydrogens is 203 g/mol. The number of hydrogen-bond acceptors (Lipinski definition) is 1. The van der Waals surface area contributed by atoms with Crippen LogP contribution >= 0.6 is 7.80 Å². The maximum Gasteiger partial charge on any atom is 0.346 e. The molecule has 1 saturated carbocycles. The number of hydrogen-bond donors (Lipinski definition) is 0. The molecule has 0 aliphatic heterocycles. The van der Waals surface area contributed by atoms with Gasteiger partial charge in [0.15, 0.2) is 11.8 Å². The van der Waals surface area contributed by atoms with Crippen LogP contribution in [0.25, 0.3) is 0 Å². The Morgan fingerprint density at radius 1 is 1.07 bits per heavy atom. The van der Waals surface area contributed by atoms with Crippen LogP contribution in [0.3, 0.4) is 0 Å². The monoisotopic (exact) mass is 221 g/mol. The summed E-state index contributed by atoms with van der Waals surface area (Å²) in [7, 11) is -1.03. The summed E-state index contributed by atoms with van der Waals surface area (Å²) in [5.74, 6) is 0. The molecule has 0 heterocycles. The highest BCUT2D eigenvalue weighted by molar-refractivity contribution is 7.44. The molecule has 1 fully saturated rings. The highest BCUT2D eigenvalue weighted by Gasteiger charge is 2.31. The lowest BCUT2D eigenvalue weighted by atomic mass is 10.0. The summed E-state index contributed by atoms with van der Waals surface area (Å²) in [6.07, 6.45) is 7.04. The largest absolute Gasteiger partial charge is 0.346 e. The molecule has 0 aromatic heterocycles. The van der Waals surface area contributed by atoms with E-state index in [1.54, 1.807) is 0 Å². The normalized spacial score (nSPS) is 18.8. The third kappa shape index (κ3) is 3.14. The van der Waals surface area contributed by atoms with Crippen LogP contribution in [0.4, 0.5) is 0 Å². The van der Waals surface area contributed by atoms with Crippen molar-refractivity contribution in [2.75, 3.05) is 0 Å². The summed E-state index contributed by atoms with van der Waals surface area (Å²) in [5, 5.41) is 0. The minimum atomic E-state index is -1.03. The number of benzene rings is 1. The van der Waals surface area contributed by atoms with E-state index in [1.807, 2.05) is 18.2 Å². The van der Waals surface area contributed by atoms with E-state index >= 15 is 0 Å². The molecule has 15 heavy (non-hydrogen) atoms. The van der Waals surface area contributed by atoms with Crippen LogP contribution in [0.5, 0.6) is 0 Å². The van der Waals surface area contributed by atoms with Gasteiger partial charge in [0.25, 0.3) is 0 Å². The Morgan fingerprint density at radius 2 is 1.73 bits per heavy atom. The summed E-state index contributed by atoms with van der Waals surface area (Å²) >= 11 is 0. The lowest BCUT2D eigenvalue weighted by Crippen LogP contribution is -2.08. The second-order valence-corrected chi connectivity index (χ2v) is 6.23. The summed E-state index contributed by atoms with van der Waals surface area (Å²) in [5.41, 5.74) is 1.72. The third-order valence-corrected chi connectivity index (χ3v) is 5.17. The zero-order valence-electron chi connectivity index (χ0n) is 9.06. The first-order valence-electron chi connectivity index (χ1n) is 5.84. The lowest BCUT2D eigenvalue weighted by molar-refractivity contribution is 0.490. The van der Waals surface area contributed by atoms with Gasteiger partial charge < -0.3 is 0 Å². The van der Waals surface area contributed by atoms with Crippen LogP contribution in [0.2, 0.25) is 0 Å². The zero-order valence-corrected chi connectivity index (χ0v) is 9.96. The van der Waals surface area contributed by atoms with Crippen molar-refractivity contribution in [2.45, 2.75) is 43.9 Å². The standard InChI is InChI=1S/C13H18OP/c14-15(13-9-5-2-6-10-13)11-12-7-3-1-4-8-12/h1,3-4,7-8,13H,2,5-6,9-11H2/q+1. The van der Waals surface area contributed by atoms with Gasteiger partial charge in [-0.1, -0.05) is 41.3 Å². The summed E-state index contributed by atoms with van der Waals surface area (Å²) < 4.78 is 12.1. The van der Waals surface area contributed by atoms with E-state index in [2.05, 4.69) is 12.1 Å². The van der Waals surface area contributed by atoms with E-state index in [-0.39, 0.29) is 0 Å². The molecule has 0 bridgehead atoms. The smallest absolute Gasteiger partial charge is 0.0741 e. The molecule has 0 saturated heterocycles. The fourth-order valence-corrected chi connectivity index (χ4v) is 4.03. The maximum absolute atomic E-state index is 12.1. The van der Waals surface area contributed by atoms with Crippen LogP contribution in [-0.4, -0.2) is 5.66 Å². The molecule has 0 N–H and O–H groups in total. The van der Waals surface area contributed by atoms with Crippen LogP contribution in [0.15, 0.2) is 30.3 Å². The van der Waals surface area contributed by atoms with Gasteiger partial charge in [0.2, 0.25) is 0 Å². The van der Waals surface area contributed by atoms with Gasteiger partial charge in [-0.2, -0.15) is 0 Å². The van der Waals surface area contributed by atoms with E-state index in [0.717, 1.165) is 6.16 Å². The van der Waals surface area contributed by atoms with E-state index in [4.69, 9.17) is 0 Å². The average Bonchev–Trinajstić information content (AvgIpc) is 2.31. The van der Waals surface area contributed by atoms with Crippen molar-refractivity contribution in [3.63, 3.8) is 0 Å². The van der Waals surface area contributed by atoms with Gasteiger partial charge >= 0.3 is 7.80 Å². The molecule has 0 radical (unpaired) electrons. The maximum atomic E-state index is 12.1. The van der Waals surface area contributed by atoms with Gasteiger partial charge in [-0.05, 0) is 31.2 Å². The summed E-state index contributed by atoms with van der Waals surface area (Å²) in [6.45, 7) is 0. The molecule has 1 aliphatic rings. The van der Waals surface area contributed by atoms with Crippen molar-refractivity contribution in [3.05, 3.63) is 35.9 Å². The molecule has 0 amide bonds. The van der Waals surface area contributed by atoms with Crippen molar-refractivity contribution >= 4 is 7.80 Å². The van der Waals surface area contributed by atoms with E-state index in [1.165, 1.54) is 37.7 Å². The van der Waals surface area contributed by atoms with Crippen LogP contribution in [-0.2, 0) is 10.7 Å². The predicted molar refractivity (Wildman–Crippen MR) is 64.6 cm³/mol. The van der Waals surface area contributed by atoms with Crippen molar-refractivity contribution in [3.8, 4) is 0 Å². The summed E-state index contributed by atoms with van der Waals surface area (Å²) in [4.78, 5) is 0. The zero-order chi connectivity index (χ0) is 10.5. The third-order valence-electron chi connectivity index (χ3n) is 3.16. The Morgan fingerprint density at radius 3 is 2.40 bits per heavy atom. The van der Waals surface area contributed by atoms with Crippen molar-refractivity contribution in [2.24, 2.45) is 0 Å². The predicted octanol–water partition coefficient (Wildman–Crippen LogP) is 4.35. The minimum absolute atomic E-state index is 0.494. The molecule has 1 atom stereocenters. The van der Waals surface area contributed by atoms with E-state index in [9.17, 15) is 4.57 Å². The first kappa shape index (κ1) is 10.8. The Hall–Kier alpha value is -0.680. The highest BCUT2D eigenvalue weighted by Crippen LogP contribution is 2.40. The van der Waals surface area contributed by atoms with Gasteiger partial charge in [0.1, 0.15) is 0 Å². The molecule has 80 valence electrons. The van der Waals surface area contributed by atoms with Crippen molar-refractivity contribution < 1.29 is 4.57 Å². The molecule has 2 rings (SSSR count). The molecule has 1 aromatic carbocycles. The van der Waals surface area contributed by atoms with Gasteiger partial charge in [-0.15, -0.1) is 0 Å². The second-order valence-electron chi connectivity index (χ2n) is 4.35. The minimum Gasteiger partial charge on any atom is -0.0741 e. The van der Waals surface area contributed by atoms with Crippen molar-refractivity contribution in [1.29, 1.82) is 0 Å². The molecule has 1 unspecified atom stereocenters. The van der Waals surface area contributed by atoms with Crippen molar-refractivity contribution in [1.82, 2.24) is 0 Å². The number of rotatable bonds is 3. The first-order chi connectivity index (χ1) is 7.36. The first-order valence-corrected chi connectivity index (χ1v) is 7.35. The molecule has 1 aliphatic carbocycles. The van der Waals surface area contributed by atoms with Crippen LogP contribution in [0, 0.1) is 0 Å². The highest BCUT2D eigenvalue weighted by atomic mass is 31.1. The van der Waals surface area contributed by atoms with Crippen LogP contribution < -0.4 is 0 Å².